The van der Waals surface area contributed by atoms with Crippen LogP contribution in [0.15, 0.2) is 18.3 Å². The van der Waals surface area contributed by atoms with Gasteiger partial charge in [-0.05, 0) is 38.2 Å². The quantitative estimate of drug-likeness (QED) is 0.857. The van der Waals surface area contributed by atoms with Crippen LogP contribution in [0.4, 0.5) is 11.5 Å². The van der Waals surface area contributed by atoms with E-state index in [-0.39, 0.29) is 6.10 Å². The van der Waals surface area contributed by atoms with Gasteiger partial charge in [-0.25, -0.2) is 4.98 Å². The van der Waals surface area contributed by atoms with Crippen LogP contribution in [-0.2, 0) is 0 Å². The van der Waals surface area contributed by atoms with Gasteiger partial charge in [-0.1, -0.05) is 6.92 Å². The van der Waals surface area contributed by atoms with Crippen molar-refractivity contribution in [3.8, 4) is 0 Å². The standard InChI is InChI=1S/C15H25N3O/c1-3-7-16-15-11-14(4-8-17-15)18-9-5-13(6-10-18)12(2)19/h4,8,11-13,19H,3,5-7,9-10H2,1-2H3,(H,16,17). The summed E-state index contributed by atoms with van der Waals surface area (Å²) >= 11 is 0. The molecule has 1 unspecified atom stereocenters. The molecule has 106 valence electrons. The Kier molecular flexibility index (Phi) is 5.02. The number of hydrogen-bond donors (Lipinski definition) is 2. The van der Waals surface area contributed by atoms with Crippen molar-refractivity contribution in [1.29, 1.82) is 0 Å². The molecular formula is C15H25N3O. The minimum atomic E-state index is -0.179. The molecule has 0 saturated carbocycles. The normalized spacial score (nSPS) is 18.4. The molecule has 0 radical (unpaired) electrons. The number of anilines is 2. The highest BCUT2D eigenvalue weighted by atomic mass is 16.3. The molecule has 1 aromatic rings. The Bertz CT molecular complexity index is 387. The molecule has 2 heterocycles. The van der Waals surface area contributed by atoms with Gasteiger partial charge in [0, 0.05) is 37.6 Å². The molecule has 1 atom stereocenters. The number of nitrogens with zero attached hydrogens (tertiary/aromatic N) is 2. The molecule has 0 amide bonds. The minimum Gasteiger partial charge on any atom is -0.393 e. The van der Waals surface area contributed by atoms with E-state index in [2.05, 4.69) is 34.3 Å². The molecule has 0 aliphatic carbocycles. The molecule has 2 rings (SSSR count). The van der Waals surface area contributed by atoms with E-state index in [1.54, 1.807) is 0 Å². The first kappa shape index (κ1) is 14.1. The molecule has 4 nitrogen and oxygen atoms in total. The van der Waals surface area contributed by atoms with Crippen LogP contribution in [0.2, 0.25) is 0 Å². The molecule has 0 spiro atoms. The summed E-state index contributed by atoms with van der Waals surface area (Å²) in [7, 11) is 0. The van der Waals surface area contributed by atoms with Gasteiger partial charge >= 0.3 is 0 Å². The SMILES string of the molecule is CCCNc1cc(N2CCC(C(C)O)CC2)ccn1. The number of hydrogen-bond acceptors (Lipinski definition) is 4. The summed E-state index contributed by atoms with van der Waals surface area (Å²) in [4.78, 5) is 6.72. The summed E-state index contributed by atoms with van der Waals surface area (Å²) in [6.07, 6.45) is 4.93. The van der Waals surface area contributed by atoms with Crippen molar-refractivity contribution in [3.05, 3.63) is 18.3 Å². The van der Waals surface area contributed by atoms with Crippen LogP contribution >= 0.6 is 0 Å². The Hall–Kier alpha value is -1.29. The predicted octanol–water partition coefficient (Wildman–Crippen LogP) is 2.50. The highest BCUT2D eigenvalue weighted by Gasteiger charge is 2.22. The van der Waals surface area contributed by atoms with Gasteiger partial charge in [-0.2, -0.15) is 0 Å². The number of piperidine rings is 1. The second kappa shape index (κ2) is 6.75. The van der Waals surface area contributed by atoms with Crippen molar-refractivity contribution in [2.75, 3.05) is 29.9 Å². The number of aromatic nitrogens is 1. The van der Waals surface area contributed by atoms with E-state index in [9.17, 15) is 5.11 Å². The number of aliphatic hydroxyl groups is 1. The molecule has 1 saturated heterocycles. The fourth-order valence-electron chi connectivity index (χ4n) is 2.61. The molecule has 2 N–H and O–H groups in total. The zero-order valence-electron chi connectivity index (χ0n) is 12.0. The average Bonchev–Trinajstić information content (AvgIpc) is 2.45. The van der Waals surface area contributed by atoms with Crippen LogP contribution in [0.5, 0.6) is 0 Å². The Morgan fingerprint density at radius 1 is 1.47 bits per heavy atom. The molecule has 19 heavy (non-hydrogen) atoms. The van der Waals surface area contributed by atoms with E-state index >= 15 is 0 Å². The van der Waals surface area contributed by atoms with Crippen molar-refractivity contribution in [1.82, 2.24) is 4.98 Å². The number of pyridine rings is 1. The summed E-state index contributed by atoms with van der Waals surface area (Å²) in [5.41, 5.74) is 1.23. The van der Waals surface area contributed by atoms with Crippen LogP contribution in [0.25, 0.3) is 0 Å². The maximum Gasteiger partial charge on any atom is 0.127 e. The summed E-state index contributed by atoms with van der Waals surface area (Å²) in [5.74, 6) is 1.41. The van der Waals surface area contributed by atoms with Gasteiger partial charge in [0.15, 0.2) is 0 Å². The van der Waals surface area contributed by atoms with E-state index in [4.69, 9.17) is 0 Å². The Balaban J connectivity index is 1.95. The van der Waals surface area contributed by atoms with Crippen molar-refractivity contribution in [3.63, 3.8) is 0 Å². The Labute approximate surface area is 115 Å². The molecule has 1 aromatic heterocycles. The second-order valence-corrected chi connectivity index (χ2v) is 5.39. The first-order valence-corrected chi connectivity index (χ1v) is 7.33. The van der Waals surface area contributed by atoms with Gasteiger partial charge in [0.05, 0.1) is 6.10 Å². The third-order valence-electron chi connectivity index (χ3n) is 3.89. The Morgan fingerprint density at radius 2 is 2.21 bits per heavy atom. The second-order valence-electron chi connectivity index (χ2n) is 5.39. The van der Waals surface area contributed by atoms with Crippen LogP contribution < -0.4 is 10.2 Å². The Morgan fingerprint density at radius 3 is 2.84 bits per heavy atom. The maximum atomic E-state index is 9.64. The van der Waals surface area contributed by atoms with E-state index in [1.165, 1.54) is 5.69 Å². The first-order valence-electron chi connectivity index (χ1n) is 7.33. The smallest absolute Gasteiger partial charge is 0.127 e. The first-order chi connectivity index (χ1) is 9.20. The molecule has 4 heteroatoms. The lowest BCUT2D eigenvalue weighted by molar-refractivity contribution is 0.110. The lowest BCUT2D eigenvalue weighted by Crippen LogP contribution is -2.37. The highest BCUT2D eigenvalue weighted by Crippen LogP contribution is 2.26. The zero-order valence-corrected chi connectivity index (χ0v) is 12.0. The lowest BCUT2D eigenvalue weighted by Gasteiger charge is -2.34. The lowest BCUT2D eigenvalue weighted by atomic mass is 9.92. The van der Waals surface area contributed by atoms with Crippen molar-refractivity contribution < 1.29 is 5.11 Å². The van der Waals surface area contributed by atoms with Gasteiger partial charge in [0.25, 0.3) is 0 Å². The van der Waals surface area contributed by atoms with Crippen molar-refractivity contribution in [2.24, 2.45) is 5.92 Å². The van der Waals surface area contributed by atoms with Gasteiger partial charge in [-0.15, -0.1) is 0 Å². The fraction of sp³-hybridized carbons (Fsp3) is 0.667. The molecule has 1 aliphatic rings. The molecule has 1 fully saturated rings. The van der Waals surface area contributed by atoms with E-state index in [0.29, 0.717) is 5.92 Å². The molecule has 0 bridgehead atoms. The van der Waals surface area contributed by atoms with E-state index < -0.39 is 0 Å². The van der Waals surface area contributed by atoms with Crippen LogP contribution in [-0.4, -0.2) is 35.8 Å². The van der Waals surface area contributed by atoms with Crippen LogP contribution in [0.1, 0.15) is 33.1 Å². The summed E-state index contributed by atoms with van der Waals surface area (Å²) in [5, 5.41) is 13.0. The van der Waals surface area contributed by atoms with Gasteiger partial charge < -0.3 is 15.3 Å². The minimum absolute atomic E-state index is 0.179. The third kappa shape index (κ3) is 3.83. The van der Waals surface area contributed by atoms with Crippen molar-refractivity contribution in [2.45, 2.75) is 39.2 Å². The average molecular weight is 263 g/mol. The van der Waals surface area contributed by atoms with Crippen molar-refractivity contribution >= 4 is 11.5 Å². The van der Waals surface area contributed by atoms with Crippen LogP contribution in [0, 0.1) is 5.92 Å². The van der Waals surface area contributed by atoms with Gasteiger partial charge in [-0.3, -0.25) is 0 Å². The molecular weight excluding hydrogens is 238 g/mol. The zero-order chi connectivity index (χ0) is 13.7. The van der Waals surface area contributed by atoms with Gasteiger partial charge in [0.2, 0.25) is 0 Å². The topological polar surface area (TPSA) is 48.4 Å². The number of nitrogens with one attached hydrogen (secondary N) is 1. The largest absolute Gasteiger partial charge is 0.393 e. The number of aliphatic hydroxyl groups excluding tert-OH is 1. The fourth-order valence-corrected chi connectivity index (χ4v) is 2.61. The summed E-state index contributed by atoms with van der Waals surface area (Å²) in [6, 6.07) is 4.19. The third-order valence-corrected chi connectivity index (χ3v) is 3.89. The predicted molar refractivity (Wildman–Crippen MR) is 79.6 cm³/mol. The van der Waals surface area contributed by atoms with E-state index in [0.717, 1.165) is 44.7 Å². The van der Waals surface area contributed by atoms with E-state index in [1.807, 2.05) is 13.1 Å². The number of rotatable bonds is 5. The highest BCUT2D eigenvalue weighted by molar-refractivity contribution is 5.54. The van der Waals surface area contributed by atoms with Crippen LogP contribution in [0.3, 0.4) is 0 Å². The maximum absolute atomic E-state index is 9.64. The van der Waals surface area contributed by atoms with Gasteiger partial charge in [0.1, 0.15) is 5.82 Å². The summed E-state index contributed by atoms with van der Waals surface area (Å²) in [6.45, 7) is 7.05. The molecule has 0 aromatic carbocycles. The summed E-state index contributed by atoms with van der Waals surface area (Å²) < 4.78 is 0. The molecule has 1 aliphatic heterocycles. The monoisotopic (exact) mass is 263 g/mol.